The Bertz CT molecular complexity index is 978. The number of nitrogens with zero attached hydrogens (tertiary/aromatic N) is 3. The maximum Gasteiger partial charge on any atom is 0.251 e. The van der Waals surface area contributed by atoms with Crippen molar-refractivity contribution in [3.05, 3.63) is 83.7 Å². The van der Waals surface area contributed by atoms with Gasteiger partial charge < -0.3 is 16.0 Å². The van der Waals surface area contributed by atoms with E-state index in [1.54, 1.807) is 13.2 Å². The fraction of sp³-hybridized carbons (Fsp3) is 0.320. The Labute approximate surface area is 190 Å². The molecule has 0 fully saturated rings. The van der Waals surface area contributed by atoms with E-state index in [9.17, 15) is 4.79 Å². The van der Waals surface area contributed by atoms with Crippen molar-refractivity contribution in [2.45, 2.75) is 32.7 Å². The van der Waals surface area contributed by atoms with E-state index >= 15 is 0 Å². The first-order valence-corrected chi connectivity index (χ1v) is 11.1. The topological polar surface area (TPSA) is 83.3 Å². The molecule has 0 aliphatic rings. The van der Waals surface area contributed by atoms with E-state index in [2.05, 4.69) is 57.2 Å². The van der Waals surface area contributed by atoms with Crippen LogP contribution in [0.1, 0.15) is 41.3 Å². The molecule has 3 aromatic rings. The third-order valence-corrected chi connectivity index (χ3v) is 5.13. The van der Waals surface area contributed by atoms with E-state index in [4.69, 9.17) is 0 Å². The van der Waals surface area contributed by atoms with Crippen molar-refractivity contribution < 1.29 is 4.79 Å². The van der Waals surface area contributed by atoms with Gasteiger partial charge in [-0.1, -0.05) is 37.6 Å². The van der Waals surface area contributed by atoms with Crippen LogP contribution in [0.5, 0.6) is 0 Å². The molecule has 0 aliphatic heterocycles. The lowest BCUT2D eigenvalue weighted by atomic mass is 10.1. The van der Waals surface area contributed by atoms with Gasteiger partial charge in [-0.3, -0.25) is 9.79 Å². The number of rotatable bonds is 10. The molecule has 3 rings (SSSR count). The number of aromatic nitrogens is 2. The second-order valence-electron chi connectivity index (χ2n) is 7.53. The van der Waals surface area contributed by atoms with Gasteiger partial charge in [0, 0.05) is 44.6 Å². The third-order valence-electron chi connectivity index (χ3n) is 5.13. The Hall–Kier alpha value is -3.61. The number of guanidine groups is 1. The van der Waals surface area contributed by atoms with Crippen LogP contribution < -0.4 is 16.0 Å². The molecular formula is C25H32N6O. The molecular weight excluding hydrogens is 400 g/mol. The summed E-state index contributed by atoms with van der Waals surface area (Å²) in [7, 11) is 1.76. The maximum atomic E-state index is 12.1. The molecule has 0 saturated heterocycles. The van der Waals surface area contributed by atoms with E-state index < -0.39 is 0 Å². The normalized spacial score (nSPS) is 11.2. The Balaban J connectivity index is 1.40. The molecule has 0 atom stereocenters. The van der Waals surface area contributed by atoms with Gasteiger partial charge in [0.05, 0.1) is 5.69 Å². The zero-order chi connectivity index (χ0) is 22.6. The van der Waals surface area contributed by atoms with Crippen molar-refractivity contribution in [2.75, 3.05) is 20.1 Å². The van der Waals surface area contributed by atoms with E-state index in [-0.39, 0.29) is 5.91 Å². The summed E-state index contributed by atoms with van der Waals surface area (Å²) in [4.78, 5) is 16.4. The smallest absolute Gasteiger partial charge is 0.251 e. The molecule has 7 heteroatoms. The van der Waals surface area contributed by atoms with Crippen LogP contribution in [0.3, 0.4) is 0 Å². The summed E-state index contributed by atoms with van der Waals surface area (Å²) in [5.41, 5.74) is 4.07. The number of hydrogen-bond acceptors (Lipinski definition) is 3. The summed E-state index contributed by atoms with van der Waals surface area (Å²) in [6.07, 6.45) is 6.66. The van der Waals surface area contributed by atoms with Crippen molar-refractivity contribution in [1.29, 1.82) is 0 Å². The summed E-state index contributed by atoms with van der Waals surface area (Å²) in [5.74, 6) is 0.729. The van der Waals surface area contributed by atoms with Gasteiger partial charge in [-0.2, -0.15) is 5.10 Å². The molecule has 1 aromatic heterocycles. The van der Waals surface area contributed by atoms with Gasteiger partial charge >= 0.3 is 0 Å². The van der Waals surface area contributed by atoms with Gasteiger partial charge in [0.2, 0.25) is 0 Å². The Morgan fingerprint density at radius 2 is 1.72 bits per heavy atom. The van der Waals surface area contributed by atoms with Gasteiger partial charge in [-0.05, 0) is 54.3 Å². The predicted octanol–water partition coefficient (Wildman–Crippen LogP) is 3.31. The summed E-state index contributed by atoms with van der Waals surface area (Å²) < 4.78 is 1.85. The van der Waals surface area contributed by atoms with Crippen molar-refractivity contribution >= 4 is 11.9 Å². The van der Waals surface area contributed by atoms with Crippen LogP contribution >= 0.6 is 0 Å². The first-order valence-electron chi connectivity index (χ1n) is 11.1. The predicted molar refractivity (Wildman–Crippen MR) is 129 cm³/mol. The monoisotopic (exact) mass is 432 g/mol. The molecule has 168 valence electrons. The first kappa shape index (κ1) is 23.1. The highest BCUT2D eigenvalue weighted by atomic mass is 16.1. The second-order valence-corrected chi connectivity index (χ2v) is 7.53. The number of unbranched alkanes of at least 4 members (excludes halogenated alkanes) is 1. The lowest BCUT2D eigenvalue weighted by Crippen LogP contribution is -2.37. The van der Waals surface area contributed by atoms with Crippen molar-refractivity contribution in [3.8, 4) is 5.69 Å². The third kappa shape index (κ3) is 6.97. The average Bonchev–Trinajstić information content (AvgIpc) is 3.37. The van der Waals surface area contributed by atoms with Crippen LogP contribution in [0.4, 0.5) is 0 Å². The van der Waals surface area contributed by atoms with Gasteiger partial charge in [-0.25, -0.2) is 4.68 Å². The van der Waals surface area contributed by atoms with E-state index in [0.717, 1.165) is 49.6 Å². The minimum atomic E-state index is -0.0203. The highest BCUT2D eigenvalue weighted by molar-refractivity contribution is 5.94. The Kier molecular flexibility index (Phi) is 8.86. The van der Waals surface area contributed by atoms with Crippen LogP contribution in [0.25, 0.3) is 5.69 Å². The van der Waals surface area contributed by atoms with Gasteiger partial charge in [-0.15, -0.1) is 0 Å². The number of carbonyl (C=O) groups is 1. The van der Waals surface area contributed by atoms with Crippen LogP contribution in [0, 0.1) is 0 Å². The van der Waals surface area contributed by atoms with Gasteiger partial charge in [0.1, 0.15) is 0 Å². The van der Waals surface area contributed by atoms with E-state index in [1.807, 2.05) is 41.2 Å². The second kappa shape index (κ2) is 12.3. The quantitative estimate of drug-likeness (QED) is 0.261. The molecule has 0 saturated carbocycles. The summed E-state index contributed by atoms with van der Waals surface area (Å²) >= 11 is 0. The summed E-state index contributed by atoms with van der Waals surface area (Å²) in [5, 5.41) is 13.8. The number of benzene rings is 2. The first-order chi connectivity index (χ1) is 15.7. The number of nitrogens with one attached hydrogen (secondary N) is 3. The summed E-state index contributed by atoms with van der Waals surface area (Å²) in [6, 6.07) is 18.0. The number of hydrogen-bond donors (Lipinski definition) is 3. The molecule has 7 nitrogen and oxygen atoms in total. The Morgan fingerprint density at radius 1 is 0.969 bits per heavy atom. The zero-order valence-corrected chi connectivity index (χ0v) is 18.8. The van der Waals surface area contributed by atoms with Gasteiger partial charge in [0.15, 0.2) is 5.96 Å². The molecule has 0 unspecified atom stereocenters. The minimum absolute atomic E-state index is 0.0203. The molecule has 3 N–H and O–H groups in total. The van der Waals surface area contributed by atoms with Crippen molar-refractivity contribution in [1.82, 2.24) is 25.7 Å². The van der Waals surface area contributed by atoms with Crippen LogP contribution in [-0.4, -0.2) is 41.8 Å². The lowest BCUT2D eigenvalue weighted by molar-refractivity contribution is 0.0953. The molecule has 0 bridgehead atoms. The number of amides is 1. The SMILES string of the molecule is CCCCNC(=O)c1ccc(CNC(=NC)NCCc2ccc(-n3cccn3)cc2)cc1. The van der Waals surface area contributed by atoms with Crippen molar-refractivity contribution in [3.63, 3.8) is 0 Å². The Morgan fingerprint density at radius 3 is 2.38 bits per heavy atom. The van der Waals surface area contributed by atoms with E-state index in [1.165, 1.54) is 5.56 Å². The van der Waals surface area contributed by atoms with Crippen molar-refractivity contribution in [2.24, 2.45) is 4.99 Å². The standard InChI is InChI=1S/C25H32N6O/c1-3-4-15-27-24(32)22-10-6-21(7-11-22)19-29-25(26-2)28-17-14-20-8-12-23(13-9-20)31-18-5-16-30-31/h5-13,16,18H,3-4,14-15,17,19H2,1-2H3,(H,27,32)(H2,26,28,29). The zero-order valence-electron chi connectivity index (χ0n) is 18.8. The van der Waals surface area contributed by atoms with Crippen LogP contribution in [0.15, 0.2) is 72.0 Å². The molecule has 0 aliphatic carbocycles. The van der Waals surface area contributed by atoms with Gasteiger partial charge in [0.25, 0.3) is 5.91 Å². The largest absolute Gasteiger partial charge is 0.356 e. The molecule has 1 heterocycles. The lowest BCUT2D eigenvalue weighted by Gasteiger charge is -2.12. The highest BCUT2D eigenvalue weighted by Gasteiger charge is 2.05. The molecule has 0 radical (unpaired) electrons. The molecule has 1 amide bonds. The van der Waals surface area contributed by atoms with Crippen LogP contribution in [0.2, 0.25) is 0 Å². The minimum Gasteiger partial charge on any atom is -0.356 e. The summed E-state index contributed by atoms with van der Waals surface area (Å²) in [6.45, 7) is 4.24. The highest BCUT2D eigenvalue weighted by Crippen LogP contribution is 2.09. The van der Waals surface area contributed by atoms with Crippen LogP contribution in [-0.2, 0) is 13.0 Å². The molecule has 0 spiro atoms. The molecule has 2 aromatic carbocycles. The number of carbonyl (C=O) groups excluding carboxylic acids is 1. The maximum absolute atomic E-state index is 12.1. The number of aliphatic imine (C=N–C) groups is 1. The average molecular weight is 433 g/mol. The fourth-order valence-electron chi connectivity index (χ4n) is 3.22. The fourth-order valence-corrected chi connectivity index (χ4v) is 3.22. The van der Waals surface area contributed by atoms with E-state index in [0.29, 0.717) is 12.1 Å². The molecule has 32 heavy (non-hydrogen) atoms.